The van der Waals surface area contributed by atoms with Crippen molar-refractivity contribution in [2.45, 2.75) is 74.7 Å². The molecule has 1 heterocycles. The predicted molar refractivity (Wildman–Crippen MR) is 179 cm³/mol. The minimum atomic E-state index is -1.07. The second kappa shape index (κ2) is 17.9. The standard InChI is InChI=1S/C36H41N3O8S/c1-24(2)31(35(43)45-3)39-32(41)30(33(39)48-27-18-11-6-12-19-27)38-29(40)21-13-20-28(34(42)46-22-25-14-7-4-8-15-25)37-36(44)47-23-26-16-9-5-10-17-26/h4-12,14-19,24,28,30-31,33H,13,20-23H2,1-3H3,(H,37,44)(H,38,40)/t28-,30-,31+,33-/m0/s1. The average Bonchev–Trinajstić information content (AvgIpc) is 3.10. The highest BCUT2D eigenvalue weighted by molar-refractivity contribution is 8.00. The molecular weight excluding hydrogens is 634 g/mol. The van der Waals surface area contributed by atoms with Crippen LogP contribution in [0.4, 0.5) is 4.79 Å². The van der Waals surface area contributed by atoms with Gasteiger partial charge in [-0.1, -0.05) is 104 Å². The first-order valence-corrected chi connectivity index (χ1v) is 16.6. The summed E-state index contributed by atoms with van der Waals surface area (Å²) in [5.41, 5.74) is 1.57. The van der Waals surface area contributed by atoms with E-state index in [1.807, 2.05) is 105 Å². The van der Waals surface area contributed by atoms with Gasteiger partial charge < -0.3 is 29.7 Å². The number of likely N-dealkylation sites (tertiary alicyclic amines) is 1. The Morgan fingerprint density at radius 1 is 0.812 bits per heavy atom. The lowest BCUT2D eigenvalue weighted by Gasteiger charge is -2.50. The minimum absolute atomic E-state index is 0.0150. The quantitative estimate of drug-likeness (QED) is 0.124. The van der Waals surface area contributed by atoms with E-state index in [1.54, 1.807) is 0 Å². The summed E-state index contributed by atoms with van der Waals surface area (Å²) in [6.07, 6.45) is -0.531. The van der Waals surface area contributed by atoms with E-state index in [0.717, 1.165) is 16.0 Å². The van der Waals surface area contributed by atoms with Gasteiger partial charge in [-0.25, -0.2) is 14.4 Å². The number of carbonyl (C=O) groups is 5. The summed E-state index contributed by atoms with van der Waals surface area (Å²) < 4.78 is 15.8. The molecule has 1 aliphatic rings. The number of hydrogen-bond acceptors (Lipinski definition) is 9. The lowest BCUT2D eigenvalue weighted by Crippen LogP contribution is -2.73. The van der Waals surface area contributed by atoms with E-state index in [1.165, 1.54) is 23.8 Å². The van der Waals surface area contributed by atoms with Gasteiger partial charge in [-0.3, -0.25) is 9.59 Å². The number of ether oxygens (including phenoxy) is 3. The zero-order valence-electron chi connectivity index (χ0n) is 27.2. The highest BCUT2D eigenvalue weighted by Gasteiger charge is 2.54. The molecule has 1 aliphatic heterocycles. The van der Waals surface area contributed by atoms with E-state index in [4.69, 9.17) is 14.2 Å². The molecule has 0 aliphatic carbocycles. The lowest BCUT2D eigenvalue weighted by molar-refractivity contribution is -0.165. The van der Waals surface area contributed by atoms with E-state index in [-0.39, 0.29) is 44.3 Å². The fraction of sp³-hybridized carbons (Fsp3) is 0.361. The number of carbonyl (C=O) groups excluding carboxylic acids is 5. The largest absolute Gasteiger partial charge is 0.467 e. The van der Waals surface area contributed by atoms with E-state index < -0.39 is 47.4 Å². The molecule has 0 aromatic heterocycles. The Morgan fingerprint density at radius 2 is 1.38 bits per heavy atom. The molecule has 3 amide bonds. The molecule has 11 nitrogen and oxygen atoms in total. The van der Waals surface area contributed by atoms with Crippen LogP contribution in [0.1, 0.15) is 44.2 Å². The number of benzene rings is 3. The Balaban J connectivity index is 1.37. The first kappa shape index (κ1) is 36.0. The van der Waals surface area contributed by atoms with E-state index >= 15 is 0 Å². The molecule has 0 spiro atoms. The molecule has 0 bridgehead atoms. The summed E-state index contributed by atoms with van der Waals surface area (Å²) >= 11 is 1.37. The van der Waals surface area contributed by atoms with E-state index in [2.05, 4.69) is 10.6 Å². The second-order valence-corrected chi connectivity index (χ2v) is 12.8. The summed E-state index contributed by atoms with van der Waals surface area (Å²) in [6.45, 7) is 3.69. The molecule has 12 heteroatoms. The number of hydrogen-bond donors (Lipinski definition) is 2. The molecule has 0 radical (unpaired) electrons. The van der Waals surface area contributed by atoms with Crippen LogP contribution in [0, 0.1) is 5.92 Å². The molecule has 4 rings (SSSR count). The third kappa shape index (κ3) is 10.1. The van der Waals surface area contributed by atoms with Gasteiger partial charge in [0.05, 0.1) is 7.11 Å². The topological polar surface area (TPSA) is 140 Å². The molecular formula is C36H41N3O8S. The summed E-state index contributed by atoms with van der Waals surface area (Å²) in [6, 6.07) is 24.9. The number of nitrogens with one attached hydrogen (secondary N) is 2. The zero-order chi connectivity index (χ0) is 34.5. The fourth-order valence-electron chi connectivity index (χ4n) is 5.20. The fourth-order valence-corrected chi connectivity index (χ4v) is 6.47. The maximum Gasteiger partial charge on any atom is 0.408 e. The Labute approximate surface area is 284 Å². The molecule has 3 aromatic rings. The Kier molecular flexibility index (Phi) is 13.4. The summed E-state index contributed by atoms with van der Waals surface area (Å²) in [5, 5.41) is 4.84. The molecule has 4 atom stereocenters. The van der Waals surface area contributed by atoms with Crippen LogP contribution in [0.3, 0.4) is 0 Å². The third-order valence-corrected chi connectivity index (χ3v) is 8.97. The lowest BCUT2D eigenvalue weighted by atomic mass is 9.95. The molecule has 0 saturated carbocycles. The predicted octanol–water partition coefficient (Wildman–Crippen LogP) is 4.84. The zero-order valence-corrected chi connectivity index (χ0v) is 28.0. The van der Waals surface area contributed by atoms with Crippen molar-refractivity contribution >= 4 is 41.6 Å². The van der Waals surface area contributed by atoms with E-state index in [9.17, 15) is 24.0 Å². The summed E-state index contributed by atoms with van der Waals surface area (Å²) in [4.78, 5) is 67.2. The van der Waals surface area contributed by atoms with Gasteiger partial charge in [-0.15, -0.1) is 0 Å². The van der Waals surface area contributed by atoms with Crippen LogP contribution >= 0.6 is 11.8 Å². The summed E-state index contributed by atoms with van der Waals surface area (Å²) in [7, 11) is 1.28. The molecule has 2 N–H and O–H groups in total. The number of nitrogens with zero attached hydrogens (tertiary/aromatic N) is 1. The van der Waals surface area contributed by atoms with Crippen LogP contribution < -0.4 is 10.6 Å². The summed E-state index contributed by atoms with van der Waals surface area (Å²) in [5.74, 6) is -2.20. The smallest absolute Gasteiger partial charge is 0.408 e. The highest BCUT2D eigenvalue weighted by Crippen LogP contribution is 2.38. The van der Waals surface area contributed by atoms with Crippen molar-refractivity contribution in [1.29, 1.82) is 0 Å². The van der Waals surface area contributed by atoms with Crippen molar-refractivity contribution in [3.05, 3.63) is 102 Å². The van der Waals surface area contributed by atoms with Crippen LogP contribution in [-0.4, -0.2) is 65.4 Å². The first-order chi connectivity index (χ1) is 23.2. The Bertz CT molecular complexity index is 1520. The molecule has 48 heavy (non-hydrogen) atoms. The second-order valence-electron chi connectivity index (χ2n) is 11.6. The monoisotopic (exact) mass is 675 g/mol. The van der Waals surface area contributed by atoms with Gasteiger partial charge in [0.1, 0.15) is 36.7 Å². The maximum atomic E-state index is 13.4. The highest BCUT2D eigenvalue weighted by atomic mass is 32.2. The third-order valence-electron chi connectivity index (χ3n) is 7.68. The number of thioether (sulfide) groups is 1. The van der Waals surface area contributed by atoms with E-state index in [0.29, 0.717) is 0 Å². The van der Waals surface area contributed by atoms with Crippen LogP contribution in [0.2, 0.25) is 0 Å². The van der Waals surface area contributed by atoms with Crippen molar-refractivity contribution in [2.75, 3.05) is 7.11 Å². The number of alkyl carbamates (subject to hydrolysis) is 1. The van der Waals surface area contributed by atoms with Gasteiger partial charge in [0.25, 0.3) is 0 Å². The van der Waals surface area contributed by atoms with Crippen molar-refractivity contribution in [2.24, 2.45) is 5.92 Å². The number of rotatable bonds is 16. The minimum Gasteiger partial charge on any atom is -0.467 e. The van der Waals surface area contributed by atoms with Crippen LogP contribution in [0.25, 0.3) is 0 Å². The first-order valence-electron chi connectivity index (χ1n) is 15.8. The van der Waals surface area contributed by atoms with Gasteiger partial charge in [0, 0.05) is 11.3 Å². The molecule has 1 fully saturated rings. The van der Waals surface area contributed by atoms with Crippen molar-refractivity contribution < 1.29 is 38.2 Å². The van der Waals surface area contributed by atoms with Crippen molar-refractivity contribution in [3.8, 4) is 0 Å². The molecule has 1 saturated heterocycles. The van der Waals surface area contributed by atoms with Crippen LogP contribution in [0.15, 0.2) is 95.9 Å². The van der Waals surface area contributed by atoms with Crippen molar-refractivity contribution in [1.82, 2.24) is 15.5 Å². The van der Waals surface area contributed by atoms with Gasteiger partial charge in [0.2, 0.25) is 11.8 Å². The van der Waals surface area contributed by atoms with Gasteiger partial charge in [0.15, 0.2) is 0 Å². The Morgan fingerprint density at radius 3 is 1.94 bits per heavy atom. The Hall–Kier alpha value is -4.84. The number of amides is 3. The SMILES string of the molecule is COC(=O)[C@@H](C(C)C)N1C(=O)[C@H](NC(=O)CCC[C@H](NC(=O)OCc2ccccc2)C(=O)OCc2ccccc2)[C@@H]1Sc1ccccc1. The van der Waals surface area contributed by atoms with Gasteiger partial charge >= 0.3 is 18.0 Å². The van der Waals surface area contributed by atoms with Gasteiger partial charge in [-0.05, 0) is 42.0 Å². The molecule has 3 aromatic carbocycles. The normalized spacial score (nSPS) is 16.7. The van der Waals surface area contributed by atoms with Crippen molar-refractivity contribution in [3.63, 3.8) is 0 Å². The number of esters is 2. The molecule has 0 unspecified atom stereocenters. The molecule has 254 valence electrons. The average molecular weight is 676 g/mol. The maximum absolute atomic E-state index is 13.4. The van der Waals surface area contributed by atoms with Crippen LogP contribution in [0.5, 0.6) is 0 Å². The number of methoxy groups -OCH3 is 1. The number of β-lactam (4-membered cyclic amide) rings is 1. The van der Waals surface area contributed by atoms with Gasteiger partial charge in [-0.2, -0.15) is 0 Å². The van der Waals surface area contributed by atoms with Crippen LogP contribution in [-0.2, 0) is 46.6 Å².